The van der Waals surface area contributed by atoms with Crippen molar-refractivity contribution in [1.29, 1.82) is 0 Å². The van der Waals surface area contributed by atoms with Gasteiger partial charge in [0.1, 0.15) is 5.75 Å². The van der Waals surface area contributed by atoms with Crippen molar-refractivity contribution >= 4 is 0 Å². The molecule has 0 aliphatic heterocycles. The third kappa shape index (κ3) is 2.28. The van der Waals surface area contributed by atoms with E-state index in [1.54, 1.807) is 0 Å². The predicted molar refractivity (Wildman–Crippen MR) is 103 cm³/mol. The number of aliphatic hydroxyl groups excluding tert-OH is 1. The maximum Gasteiger partial charge on any atom is 0.115 e. The molecule has 2 aromatic carbocycles. The van der Waals surface area contributed by atoms with E-state index in [4.69, 9.17) is 0 Å². The Labute approximate surface area is 155 Å². The highest BCUT2D eigenvalue weighted by Gasteiger charge is 2.55. The van der Waals surface area contributed by atoms with Crippen LogP contribution < -0.4 is 0 Å². The van der Waals surface area contributed by atoms with Gasteiger partial charge in [0.25, 0.3) is 0 Å². The van der Waals surface area contributed by atoms with Crippen LogP contribution in [0.15, 0.2) is 48.5 Å². The van der Waals surface area contributed by atoms with Crippen LogP contribution >= 0.6 is 0 Å². The van der Waals surface area contributed by atoms with Crippen molar-refractivity contribution in [2.75, 3.05) is 0 Å². The highest BCUT2D eigenvalue weighted by molar-refractivity contribution is 5.46. The number of phenolic OH excluding ortho intramolecular Hbond substituents is 1. The first kappa shape index (κ1) is 16.4. The number of fused-ring (bicyclic) bond motifs is 5. The second-order valence-electron chi connectivity index (χ2n) is 9.03. The molecule has 2 fully saturated rings. The lowest BCUT2D eigenvalue weighted by Crippen LogP contribution is -2.44. The molecule has 2 heteroatoms. The van der Waals surface area contributed by atoms with Gasteiger partial charge in [0.15, 0.2) is 0 Å². The second-order valence-corrected chi connectivity index (χ2v) is 9.03. The highest BCUT2D eigenvalue weighted by Crippen LogP contribution is 2.63. The monoisotopic (exact) mass is 348 g/mol. The fourth-order valence-electron chi connectivity index (χ4n) is 6.58. The van der Waals surface area contributed by atoms with Crippen molar-refractivity contribution in [1.82, 2.24) is 0 Å². The van der Waals surface area contributed by atoms with Crippen molar-refractivity contribution in [3.8, 4) is 5.75 Å². The lowest BCUT2D eigenvalue weighted by molar-refractivity contribution is -0.0239. The van der Waals surface area contributed by atoms with E-state index < -0.39 is 0 Å². The first-order valence-electron chi connectivity index (χ1n) is 10.1. The van der Waals surface area contributed by atoms with E-state index in [1.165, 1.54) is 16.7 Å². The van der Waals surface area contributed by atoms with E-state index in [9.17, 15) is 10.2 Å². The molecular formula is C24H28O2. The quantitative estimate of drug-likeness (QED) is 0.744. The van der Waals surface area contributed by atoms with Gasteiger partial charge in [0.2, 0.25) is 0 Å². The summed E-state index contributed by atoms with van der Waals surface area (Å²) < 4.78 is 0. The molecule has 3 aliphatic carbocycles. The standard InChI is InChI=1S/C24H28O2/c1-24-12-11-18-17-8-7-16(25)13-20(17)19(15-5-3-2-4-6-15)14-21(18)22(24)9-10-23(24)26/h2-8,13,18-19,21-23,25-26H,9-12,14H2,1H3/t18-,19-,21-,22+,23+,24+/m1/s1. The van der Waals surface area contributed by atoms with E-state index in [2.05, 4.69) is 43.3 Å². The van der Waals surface area contributed by atoms with Crippen molar-refractivity contribution in [2.45, 2.75) is 57.0 Å². The average molecular weight is 348 g/mol. The number of hydrogen-bond donors (Lipinski definition) is 2. The molecule has 2 aromatic rings. The second kappa shape index (κ2) is 5.85. The minimum atomic E-state index is -0.134. The van der Waals surface area contributed by atoms with E-state index in [1.807, 2.05) is 12.1 Å². The number of phenols is 1. The van der Waals surface area contributed by atoms with Crippen molar-refractivity contribution < 1.29 is 10.2 Å². The number of hydrogen-bond acceptors (Lipinski definition) is 2. The zero-order valence-electron chi connectivity index (χ0n) is 15.4. The normalized spacial score (nSPS) is 38.3. The van der Waals surface area contributed by atoms with Crippen molar-refractivity contribution in [3.05, 3.63) is 65.2 Å². The first-order chi connectivity index (χ1) is 12.6. The maximum absolute atomic E-state index is 10.7. The van der Waals surface area contributed by atoms with Gasteiger partial charge in [0.05, 0.1) is 6.10 Å². The summed E-state index contributed by atoms with van der Waals surface area (Å²) in [6.45, 7) is 2.33. The van der Waals surface area contributed by atoms with E-state index in [0.717, 1.165) is 32.1 Å². The van der Waals surface area contributed by atoms with Gasteiger partial charge in [-0.1, -0.05) is 43.3 Å². The highest BCUT2D eigenvalue weighted by atomic mass is 16.3. The lowest BCUT2D eigenvalue weighted by Gasteiger charge is -2.51. The van der Waals surface area contributed by atoms with E-state index in [-0.39, 0.29) is 11.5 Å². The molecule has 0 bridgehead atoms. The molecule has 136 valence electrons. The van der Waals surface area contributed by atoms with Gasteiger partial charge in [-0.15, -0.1) is 0 Å². The molecule has 0 radical (unpaired) electrons. The van der Waals surface area contributed by atoms with E-state index in [0.29, 0.717) is 29.4 Å². The van der Waals surface area contributed by atoms with Crippen LogP contribution in [0.1, 0.15) is 67.6 Å². The zero-order chi connectivity index (χ0) is 17.9. The largest absolute Gasteiger partial charge is 0.508 e. The fourth-order valence-corrected chi connectivity index (χ4v) is 6.58. The Morgan fingerprint density at radius 3 is 2.58 bits per heavy atom. The van der Waals surface area contributed by atoms with E-state index >= 15 is 0 Å². The Morgan fingerprint density at radius 2 is 1.77 bits per heavy atom. The van der Waals surface area contributed by atoms with Gasteiger partial charge in [-0.25, -0.2) is 0 Å². The third-order valence-electron chi connectivity index (χ3n) is 7.94. The zero-order valence-corrected chi connectivity index (χ0v) is 15.4. The SMILES string of the molecule is C[C@]12CC[C@@H]3c4ccc(O)cc4[C@@H](c4ccccc4)C[C@H]3[C@@H]1CC[C@@H]2O. The molecule has 0 heterocycles. The Morgan fingerprint density at radius 1 is 0.962 bits per heavy atom. The van der Waals surface area contributed by atoms with Crippen molar-refractivity contribution in [3.63, 3.8) is 0 Å². The van der Waals surface area contributed by atoms with Crippen LogP contribution in [0.2, 0.25) is 0 Å². The van der Waals surface area contributed by atoms with Crippen LogP contribution in [0.3, 0.4) is 0 Å². The topological polar surface area (TPSA) is 40.5 Å². The van der Waals surface area contributed by atoms with Gasteiger partial charge in [-0.05, 0) is 84.1 Å². The van der Waals surface area contributed by atoms with Crippen LogP contribution in [0.25, 0.3) is 0 Å². The minimum Gasteiger partial charge on any atom is -0.508 e. The molecule has 2 saturated carbocycles. The van der Waals surface area contributed by atoms with Crippen LogP contribution in [0.5, 0.6) is 5.75 Å². The molecule has 5 rings (SSSR count). The molecular weight excluding hydrogens is 320 g/mol. The van der Waals surface area contributed by atoms with Crippen LogP contribution in [-0.2, 0) is 0 Å². The number of aromatic hydroxyl groups is 1. The summed E-state index contributed by atoms with van der Waals surface area (Å²) >= 11 is 0. The van der Waals surface area contributed by atoms with Gasteiger partial charge >= 0.3 is 0 Å². The molecule has 0 amide bonds. The molecule has 0 spiro atoms. The van der Waals surface area contributed by atoms with Crippen LogP contribution in [0, 0.1) is 17.3 Å². The fraction of sp³-hybridized carbons (Fsp3) is 0.500. The molecule has 2 N–H and O–H groups in total. The summed E-state index contributed by atoms with van der Waals surface area (Å²) in [6, 6.07) is 16.8. The lowest BCUT2D eigenvalue weighted by atomic mass is 9.53. The minimum absolute atomic E-state index is 0.0941. The first-order valence-corrected chi connectivity index (χ1v) is 10.1. The molecule has 0 unspecified atom stereocenters. The van der Waals surface area contributed by atoms with Crippen LogP contribution in [0.4, 0.5) is 0 Å². The number of benzene rings is 2. The van der Waals surface area contributed by atoms with Gasteiger partial charge in [0, 0.05) is 5.92 Å². The Hall–Kier alpha value is -1.80. The number of rotatable bonds is 1. The molecule has 0 saturated heterocycles. The van der Waals surface area contributed by atoms with Crippen molar-refractivity contribution in [2.24, 2.45) is 17.3 Å². The molecule has 0 aromatic heterocycles. The summed E-state index contributed by atoms with van der Waals surface area (Å²) in [5.74, 6) is 2.55. The Kier molecular flexibility index (Phi) is 3.69. The summed E-state index contributed by atoms with van der Waals surface area (Å²) in [5.41, 5.74) is 4.20. The predicted octanol–water partition coefficient (Wildman–Crippen LogP) is 5.20. The third-order valence-corrected chi connectivity index (χ3v) is 7.94. The number of aliphatic hydroxyl groups is 1. The van der Waals surface area contributed by atoms with Gasteiger partial charge < -0.3 is 10.2 Å². The molecule has 3 aliphatic rings. The Bertz CT molecular complexity index is 814. The molecule has 6 atom stereocenters. The summed E-state index contributed by atoms with van der Waals surface area (Å²) in [6.07, 6.45) is 5.41. The molecule has 2 nitrogen and oxygen atoms in total. The van der Waals surface area contributed by atoms with Gasteiger partial charge in [-0.2, -0.15) is 0 Å². The maximum atomic E-state index is 10.7. The summed E-state index contributed by atoms with van der Waals surface area (Å²) in [5, 5.41) is 20.8. The smallest absolute Gasteiger partial charge is 0.115 e. The summed E-state index contributed by atoms with van der Waals surface area (Å²) in [7, 11) is 0. The average Bonchev–Trinajstić information content (AvgIpc) is 2.96. The van der Waals surface area contributed by atoms with Crippen LogP contribution in [-0.4, -0.2) is 16.3 Å². The molecule has 26 heavy (non-hydrogen) atoms. The Balaban J connectivity index is 1.62. The summed E-state index contributed by atoms with van der Waals surface area (Å²) in [4.78, 5) is 0. The van der Waals surface area contributed by atoms with Gasteiger partial charge in [-0.3, -0.25) is 0 Å².